The van der Waals surface area contributed by atoms with Gasteiger partial charge in [-0.15, -0.1) is 0 Å². The van der Waals surface area contributed by atoms with Crippen molar-refractivity contribution in [2.75, 3.05) is 27.4 Å². The highest BCUT2D eigenvalue weighted by Crippen LogP contribution is 2.46. The first-order chi connectivity index (χ1) is 25.2. The van der Waals surface area contributed by atoms with Crippen molar-refractivity contribution in [2.45, 2.75) is 158 Å². The molecule has 298 valence electrons. The second kappa shape index (κ2) is 16.6. The number of fused-ring (bicyclic) bond motifs is 2. The molecule has 2 bridgehead atoms. The monoisotopic (exact) mass is 748 g/mol. The molecular formula is C40H60O13. The minimum Gasteiger partial charge on any atom is -0.462 e. The number of carbonyl (C=O) groups excluding carboxylic acids is 1. The minimum absolute atomic E-state index is 0.0585. The highest BCUT2D eigenvalue weighted by atomic mass is 16.7. The molecule has 3 unspecified atom stereocenters. The lowest BCUT2D eigenvalue weighted by atomic mass is 9.71. The second-order valence-corrected chi connectivity index (χ2v) is 15.9. The Kier molecular flexibility index (Phi) is 12.7. The number of aliphatic hydroxyl groups is 3. The highest BCUT2D eigenvalue weighted by molar-refractivity contribution is 5.78. The van der Waals surface area contributed by atoms with E-state index in [1.165, 1.54) is 0 Å². The van der Waals surface area contributed by atoms with E-state index in [2.05, 4.69) is 13.0 Å². The number of aliphatic hydroxyl groups excluding tert-OH is 2. The average Bonchev–Trinajstić information content (AvgIpc) is 3.46. The first-order valence-corrected chi connectivity index (χ1v) is 19.1. The normalized spacial score (nSPS) is 49.4. The molecule has 5 heterocycles. The van der Waals surface area contributed by atoms with Gasteiger partial charge in [-0.2, -0.15) is 0 Å². The summed E-state index contributed by atoms with van der Waals surface area (Å²) in [6.07, 6.45) is 5.23. The number of methoxy groups -OCH3 is 2. The smallest absolute Gasteiger partial charge is 0.316 e. The van der Waals surface area contributed by atoms with Crippen LogP contribution >= 0.6 is 0 Å². The van der Waals surface area contributed by atoms with Gasteiger partial charge in [-0.3, -0.25) is 4.79 Å². The molecule has 4 saturated heterocycles. The molecule has 0 spiro atoms. The summed E-state index contributed by atoms with van der Waals surface area (Å²) in [5, 5.41) is 33.6. The summed E-state index contributed by atoms with van der Waals surface area (Å²) in [4.78, 5) is 13.7. The van der Waals surface area contributed by atoms with Gasteiger partial charge >= 0.3 is 5.97 Å². The predicted octanol–water partition coefficient (Wildman–Crippen LogP) is 3.43. The summed E-state index contributed by atoms with van der Waals surface area (Å²) >= 11 is 0. The average molecular weight is 749 g/mol. The van der Waals surface area contributed by atoms with Gasteiger partial charge < -0.3 is 58.0 Å². The van der Waals surface area contributed by atoms with Crippen LogP contribution in [0.4, 0.5) is 0 Å². The fraction of sp³-hybridized carbons (Fsp3) is 0.775. The molecule has 3 N–H and O–H groups in total. The van der Waals surface area contributed by atoms with E-state index in [1.807, 2.05) is 32.9 Å². The largest absolute Gasteiger partial charge is 0.462 e. The maximum Gasteiger partial charge on any atom is 0.316 e. The quantitative estimate of drug-likeness (QED) is 0.268. The molecule has 13 nitrogen and oxygen atoms in total. The molecule has 0 saturated carbocycles. The van der Waals surface area contributed by atoms with Crippen molar-refractivity contribution in [3.8, 4) is 0 Å². The van der Waals surface area contributed by atoms with Crippen molar-refractivity contribution in [1.29, 1.82) is 0 Å². The first-order valence-electron chi connectivity index (χ1n) is 19.1. The Bertz CT molecular complexity index is 1430. The number of carbonyl (C=O) groups is 1. The van der Waals surface area contributed by atoms with Gasteiger partial charge in [0, 0.05) is 45.8 Å². The predicted molar refractivity (Wildman–Crippen MR) is 191 cm³/mol. The summed E-state index contributed by atoms with van der Waals surface area (Å²) in [7, 11) is 3.22. The lowest BCUT2D eigenvalue weighted by molar-refractivity contribution is -0.350. The number of ether oxygens (including phenoxy) is 9. The van der Waals surface area contributed by atoms with Gasteiger partial charge in [0.1, 0.15) is 42.0 Å². The van der Waals surface area contributed by atoms with Crippen LogP contribution < -0.4 is 0 Å². The molecule has 6 rings (SSSR count). The van der Waals surface area contributed by atoms with Crippen molar-refractivity contribution in [3.63, 3.8) is 0 Å². The Morgan fingerprint density at radius 1 is 0.962 bits per heavy atom. The number of hydrogen-bond acceptors (Lipinski definition) is 13. The van der Waals surface area contributed by atoms with E-state index in [9.17, 15) is 20.1 Å². The Morgan fingerprint density at radius 3 is 2.45 bits per heavy atom. The van der Waals surface area contributed by atoms with Crippen molar-refractivity contribution in [2.24, 2.45) is 11.8 Å². The minimum atomic E-state index is -1.77. The van der Waals surface area contributed by atoms with Crippen molar-refractivity contribution < 1.29 is 62.7 Å². The zero-order valence-electron chi connectivity index (χ0n) is 32.3. The molecule has 1 aliphatic carbocycles. The molecule has 0 radical (unpaired) electrons. The van der Waals surface area contributed by atoms with E-state index < -0.39 is 78.4 Å². The number of allylic oxidation sites excluding steroid dienone is 2. The summed E-state index contributed by atoms with van der Waals surface area (Å²) in [6.45, 7) is 12.0. The number of hydrogen-bond donors (Lipinski definition) is 3. The van der Waals surface area contributed by atoms with Crippen LogP contribution in [0, 0.1) is 11.8 Å². The van der Waals surface area contributed by atoms with Gasteiger partial charge in [0.25, 0.3) is 0 Å². The third kappa shape index (κ3) is 8.41. The Balaban J connectivity index is 1.25. The molecular weight excluding hydrogens is 688 g/mol. The standard InChI is InChI=1S/C40H60O13/c1-21-10-9-11-26-20-48-37-33(41)23(3)16-29(40(26,37)44)38(43)50-28-14-15-47-27(17-28)13-12-22(2)35(21)53-39(6)19-31(46-8)36(25(5)52-39)51-32-18-30(45-7)34(42)24(4)49-32/h9-12,16,21,24-25,27-37,41-42,44H,13-15,17-20H2,1-8H3/b10-9+,22-12+,26-11+/t21-,24-,25-,27+,28+,29-,30-,31-,32?,33+,34-,35?,36-,37+,39-,40?/m0/s1. The van der Waals surface area contributed by atoms with Crippen LogP contribution in [-0.2, 0) is 47.4 Å². The van der Waals surface area contributed by atoms with Gasteiger partial charge in [-0.1, -0.05) is 37.3 Å². The number of rotatable bonds is 6. The van der Waals surface area contributed by atoms with Crippen LogP contribution in [0.25, 0.3) is 0 Å². The van der Waals surface area contributed by atoms with Crippen LogP contribution in [0.15, 0.2) is 47.1 Å². The Labute approximate surface area is 313 Å². The van der Waals surface area contributed by atoms with Crippen LogP contribution in [-0.4, -0.2) is 134 Å². The molecule has 6 aliphatic rings. The van der Waals surface area contributed by atoms with Gasteiger partial charge in [0.15, 0.2) is 12.1 Å². The van der Waals surface area contributed by atoms with E-state index in [0.717, 1.165) is 5.57 Å². The van der Waals surface area contributed by atoms with E-state index in [0.29, 0.717) is 49.9 Å². The van der Waals surface area contributed by atoms with Gasteiger partial charge in [-0.25, -0.2) is 0 Å². The number of esters is 1. The van der Waals surface area contributed by atoms with Crippen LogP contribution in [0.1, 0.15) is 73.6 Å². The summed E-state index contributed by atoms with van der Waals surface area (Å²) in [5.41, 5.74) is 0.271. The molecule has 5 aliphatic heterocycles. The molecule has 16 atom stereocenters. The van der Waals surface area contributed by atoms with Crippen molar-refractivity contribution in [1.82, 2.24) is 0 Å². The first kappa shape index (κ1) is 40.6. The summed E-state index contributed by atoms with van der Waals surface area (Å²) in [5.74, 6) is -2.78. The third-order valence-corrected chi connectivity index (χ3v) is 12.0. The maximum absolute atomic E-state index is 13.7. The fourth-order valence-electron chi connectivity index (χ4n) is 8.88. The molecule has 0 aromatic carbocycles. The van der Waals surface area contributed by atoms with Gasteiger partial charge in [0.2, 0.25) is 0 Å². The highest BCUT2D eigenvalue weighted by Gasteiger charge is 2.59. The van der Waals surface area contributed by atoms with Crippen LogP contribution in [0.5, 0.6) is 0 Å². The lowest BCUT2D eigenvalue weighted by Crippen LogP contribution is -2.58. The van der Waals surface area contributed by atoms with Crippen LogP contribution in [0.2, 0.25) is 0 Å². The zero-order chi connectivity index (χ0) is 38.2. The van der Waals surface area contributed by atoms with E-state index >= 15 is 0 Å². The molecule has 0 amide bonds. The summed E-state index contributed by atoms with van der Waals surface area (Å²) < 4.78 is 55.6. The Morgan fingerprint density at radius 2 is 1.72 bits per heavy atom. The molecule has 4 fully saturated rings. The third-order valence-electron chi connectivity index (χ3n) is 12.0. The topological polar surface area (TPSA) is 161 Å². The molecule has 13 heteroatoms. The van der Waals surface area contributed by atoms with Crippen molar-refractivity contribution in [3.05, 3.63) is 47.1 Å². The van der Waals surface area contributed by atoms with E-state index in [-0.39, 0.29) is 30.8 Å². The van der Waals surface area contributed by atoms with Gasteiger partial charge in [-0.05, 0) is 57.8 Å². The molecule has 0 aromatic heterocycles. The summed E-state index contributed by atoms with van der Waals surface area (Å²) in [6, 6.07) is 0. The van der Waals surface area contributed by atoms with E-state index in [1.54, 1.807) is 40.2 Å². The van der Waals surface area contributed by atoms with Crippen LogP contribution in [0.3, 0.4) is 0 Å². The molecule has 53 heavy (non-hydrogen) atoms. The maximum atomic E-state index is 13.7. The Hall–Kier alpha value is -2.01. The molecule has 0 aromatic rings. The lowest BCUT2D eigenvalue weighted by Gasteiger charge is -2.48. The second-order valence-electron chi connectivity index (χ2n) is 15.9. The van der Waals surface area contributed by atoms with Crippen molar-refractivity contribution >= 4 is 5.97 Å². The zero-order valence-corrected chi connectivity index (χ0v) is 32.3. The van der Waals surface area contributed by atoms with E-state index in [4.69, 9.17) is 42.6 Å². The SMILES string of the molecule is CO[C@H]1CC(O[C@H]2[C@H](C)O[C@@](C)(OC3/C(C)=C/C[C@@H]4C[C@@H](CCO4)OC(=O)[C@@H]4C=C(C)[C@@H](O)[C@H]5OC/C(=C\C=C\[C@@H]3C)C54O)C[C@@H]2OC)O[C@@H](C)[C@@H]1O. The fourth-order valence-corrected chi connectivity index (χ4v) is 8.88. The van der Waals surface area contributed by atoms with Gasteiger partial charge in [0.05, 0.1) is 49.8 Å².